The van der Waals surface area contributed by atoms with Crippen molar-refractivity contribution in [3.8, 4) is 11.4 Å². The third kappa shape index (κ3) is 3.39. The molecule has 2 heterocycles. The van der Waals surface area contributed by atoms with Crippen molar-refractivity contribution in [1.82, 2.24) is 15.2 Å². The van der Waals surface area contributed by atoms with E-state index in [9.17, 15) is 17.6 Å². The third-order valence-corrected chi connectivity index (χ3v) is 5.34. The Morgan fingerprint density at radius 1 is 1.11 bits per heavy atom. The molecule has 1 amide bonds. The Morgan fingerprint density at radius 3 is 2.68 bits per heavy atom. The van der Waals surface area contributed by atoms with Gasteiger partial charge in [-0.2, -0.15) is 5.10 Å². The van der Waals surface area contributed by atoms with E-state index in [4.69, 9.17) is 0 Å². The van der Waals surface area contributed by atoms with Crippen LogP contribution < -0.4 is 5.32 Å². The maximum Gasteiger partial charge on any atom is 0.272 e. The molecule has 4 aromatic rings. The fourth-order valence-corrected chi connectivity index (χ4v) is 3.51. The van der Waals surface area contributed by atoms with Gasteiger partial charge in [0, 0.05) is 17.3 Å². The van der Waals surface area contributed by atoms with E-state index in [1.807, 2.05) is 0 Å². The van der Waals surface area contributed by atoms with Gasteiger partial charge < -0.3 is 10.3 Å². The van der Waals surface area contributed by atoms with Crippen LogP contribution >= 0.6 is 0 Å². The van der Waals surface area contributed by atoms with E-state index in [-0.39, 0.29) is 10.6 Å². The smallest absolute Gasteiger partial charge is 0.272 e. The number of hydrogen-bond acceptors (Lipinski definition) is 4. The second-order valence-corrected chi connectivity index (χ2v) is 8.32. The van der Waals surface area contributed by atoms with Crippen molar-refractivity contribution >= 4 is 32.3 Å². The zero-order chi connectivity index (χ0) is 19.9. The Bertz CT molecular complexity index is 1310. The molecular formula is C19H15FN4O3S. The molecule has 0 aliphatic carbocycles. The molecule has 0 fully saturated rings. The molecular weight excluding hydrogens is 383 g/mol. The number of sulfone groups is 1. The molecule has 0 radical (unpaired) electrons. The number of nitrogens with zero attached hydrogens (tertiary/aromatic N) is 1. The van der Waals surface area contributed by atoms with E-state index in [0.717, 1.165) is 6.26 Å². The Kier molecular flexibility index (Phi) is 4.23. The number of rotatable bonds is 4. The van der Waals surface area contributed by atoms with Crippen molar-refractivity contribution in [3.05, 3.63) is 66.1 Å². The molecule has 0 aliphatic heterocycles. The van der Waals surface area contributed by atoms with Gasteiger partial charge in [0.1, 0.15) is 17.2 Å². The highest BCUT2D eigenvalue weighted by atomic mass is 32.2. The first kappa shape index (κ1) is 17.9. The second kappa shape index (κ2) is 6.61. The molecule has 7 nitrogen and oxygen atoms in total. The van der Waals surface area contributed by atoms with E-state index in [2.05, 4.69) is 20.5 Å². The molecule has 4 rings (SSSR count). The van der Waals surface area contributed by atoms with Crippen LogP contribution in [-0.4, -0.2) is 35.8 Å². The summed E-state index contributed by atoms with van der Waals surface area (Å²) >= 11 is 0. The van der Waals surface area contributed by atoms with Crippen LogP contribution in [0.2, 0.25) is 0 Å². The number of anilines is 1. The lowest BCUT2D eigenvalue weighted by Gasteiger charge is -2.03. The Labute approximate surface area is 159 Å². The number of carbonyl (C=O) groups is 1. The maximum atomic E-state index is 13.3. The maximum absolute atomic E-state index is 13.3. The van der Waals surface area contributed by atoms with Gasteiger partial charge in [-0.3, -0.25) is 9.89 Å². The number of amides is 1. The number of fused-ring (bicyclic) bond motifs is 1. The van der Waals surface area contributed by atoms with E-state index in [1.165, 1.54) is 30.3 Å². The largest absolute Gasteiger partial charge is 0.349 e. The van der Waals surface area contributed by atoms with Crippen LogP contribution in [0.1, 0.15) is 10.5 Å². The van der Waals surface area contributed by atoms with Gasteiger partial charge in [-0.15, -0.1) is 0 Å². The third-order valence-electron chi connectivity index (χ3n) is 4.23. The molecule has 9 heteroatoms. The van der Waals surface area contributed by atoms with Gasteiger partial charge in [0.15, 0.2) is 9.84 Å². The SMILES string of the molecule is CS(=O)(=O)c1ccc2[nH]nc(-c3ccc(C(=O)Nc4cccc(F)c4)[nH]3)c2c1. The summed E-state index contributed by atoms with van der Waals surface area (Å²) in [5, 5.41) is 10.3. The number of aromatic nitrogens is 3. The topological polar surface area (TPSA) is 108 Å². The van der Waals surface area contributed by atoms with Crippen molar-refractivity contribution in [2.45, 2.75) is 4.90 Å². The molecule has 0 atom stereocenters. The Balaban J connectivity index is 1.66. The Hall–Kier alpha value is -3.46. The van der Waals surface area contributed by atoms with Gasteiger partial charge >= 0.3 is 0 Å². The van der Waals surface area contributed by atoms with E-state index in [0.29, 0.717) is 28.0 Å². The lowest BCUT2D eigenvalue weighted by atomic mass is 10.2. The first-order chi connectivity index (χ1) is 13.3. The van der Waals surface area contributed by atoms with Gasteiger partial charge in [-0.1, -0.05) is 6.07 Å². The normalized spacial score (nSPS) is 11.6. The van der Waals surface area contributed by atoms with Crippen LogP contribution in [0.5, 0.6) is 0 Å². The highest BCUT2D eigenvalue weighted by Gasteiger charge is 2.16. The Morgan fingerprint density at radius 2 is 1.93 bits per heavy atom. The average molecular weight is 398 g/mol. The van der Waals surface area contributed by atoms with Crippen molar-refractivity contribution in [2.75, 3.05) is 11.6 Å². The highest BCUT2D eigenvalue weighted by Crippen LogP contribution is 2.28. The molecule has 0 saturated heterocycles. The summed E-state index contributed by atoms with van der Waals surface area (Å²) in [6.07, 6.45) is 1.14. The molecule has 28 heavy (non-hydrogen) atoms. The van der Waals surface area contributed by atoms with Crippen LogP contribution in [0.3, 0.4) is 0 Å². The number of H-pyrrole nitrogens is 2. The van der Waals surface area contributed by atoms with Crippen molar-refractivity contribution < 1.29 is 17.6 Å². The van der Waals surface area contributed by atoms with Gasteiger partial charge in [0.25, 0.3) is 5.91 Å². The van der Waals surface area contributed by atoms with Crippen molar-refractivity contribution in [2.24, 2.45) is 0 Å². The zero-order valence-electron chi connectivity index (χ0n) is 14.7. The molecule has 0 bridgehead atoms. The van der Waals surface area contributed by atoms with E-state index in [1.54, 1.807) is 24.3 Å². The summed E-state index contributed by atoms with van der Waals surface area (Å²) < 4.78 is 36.9. The molecule has 142 valence electrons. The number of hydrogen-bond donors (Lipinski definition) is 3. The number of nitrogens with one attached hydrogen (secondary N) is 3. The number of halogens is 1. The molecule has 3 N–H and O–H groups in total. The quantitative estimate of drug-likeness (QED) is 0.490. The average Bonchev–Trinajstić information content (AvgIpc) is 3.27. The summed E-state index contributed by atoms with van der Waals surface area (Å²) in [6.45, 7) is 0. The molecule has 2 aromatic heterocycles. The molecule has 0 saturated carbocycles. The van der Waals surface area contributed by atoms with Crippen LogP contribution in [0.25, 0.3) is 22.3 Å². The molecule has 0 spiro atoms. The van der Waals surface area contributed by atoms with Gasteiger partial charge in [-0.05, 0) is 48.5 Å². The van der Waals surface area contributed by atoms with Crippen molar-refractivity contribution in [1.29, 1.82) is 0 Å². The predicted molar refractivity (Wildman–Crippen MR) is 103 cm³/mol. The fraction of sp³-hybridized carbons (Fsp3) is 0.0526. The molecule has 0 unspecified atom stereocenters. The minimum absolute atomic E-state index is 0.179. The lowest BCUT2D eigenvalue weighted by molar-refractivity contribution is 0.102. The zero-order valence-corrected chi connectivity index (χ0v) is 15.5. The van der Waals surface area contributed by atoms with Crippen LogP contribution in [-0.2, 0) is 9.84 Å². The standard InChI is InChI=1S/C19H15FN4O3S/c1-28(26,27)13-5-6-15-14(10-13)18(24-23-15)16-7-8-17(22-16)19(25)21-12-4-2-3-11(20)9-12/h2-10,22H,1H3,(H,21,25)(H,23,24). The minimum Gasteiger partial charge on any atom is -0.349 e. The monoisotopic (exact) mass is 398 g/mol. The number of carbonyl (C=O) groups excluding carboxylic acids is 1. The summed E-state index contributed by atoms with van der Waals surface area (Å²) in [5.74, 6) is -0.886. The van der Waals surface area contributed by atoms with Crippen LogP contribution in [0, 0.1) is 5.82 Å². The summed E-state index contributed by atoms with van der Waals surface area (Å²) in [7, 11) is -3.36. The van der Waals surface area contributed by atoms with Crippen LogP contribution in [0.4, 0.5) is 10.1 Å². The van der Waals surface area contributed by atoms with E-state index < -0.39 is 21.6 Å². The summed E-state index contributed by atoms with van der Waals surface area (Å²) in [6, 6.07) is 13.5. The van der Waals surface area contributed by atoms with Gasteiger partial charge in [0.05, 0.1) is 16.1 Å². The lowest BCUT2D eigenvalue weighted by Crippen LogP contribution is -2.12. The second-order valence-electron chi connectivity index (χ2n) is 6.30. The van der Waals surface area contributed by atoms with Gasteiger partial charge in [-0.25, -0.2) is 12.8 Å². The van der Waals surface area contributed by atoms with E-state index >= 15 is 0 Å². The molecule has 2 aromatic carbocycles. The summed E-state index contributed by atoms with van der Waals surface area (Å²) in [4.78, 5) is 15.5. The van der Waals surface area contributed by atoms with Crippen molar-refractivity contribution in [3.63, 3.8) is 0 Å². The first-order valence-electron chi connectivity index (χ1n) is 8.26. The number of benzene rings is 2. The van der Waals surface area contributed by atoms with Crippen LogP contribution in [0.15, 0.2) is 59.5 Å². The summed E-state index contributed by atoms with van der Waals surface area (Å²) in [5.41, 5.74) is 2.30. The first-order valence-corrected chi connectivity index (χ1v) is 10.1. The molecule has 0 aliphatic rings. The number of aromatic amines is 2. The fourth-order valence-electron chi connectivity index (χ4n) is 2.86. The highest BCUT2D eigenvalue weighted by molar-refractivity contribution is 7.90. The van der Waals surface area contributed by atoms with Gasteiger partial charge in [0.2, 0.25) is 0 Å². The predicted octanol–water partition coefficient (Wildman–Crippen LogP) is 3.35. The minimum atomic E-state index is -3.36.